The van der Waals surface area contributed by atoms with E-state index >= 15 is 0 Å². The Kier molecular flexibility index (Phi) is 2.99. The molecule has 2 rings (SSSR count). The topological polar surface area (TPSA) is 58.6 Å². The fourth-order valence-electron chi connectivity index (χ4n) is 3.52. The van der Waals surface area contributed by atoms with Crippen molar-refractivity contribution < 1.29 is 14.6 Å². The summed E-state index contributed by atoms with van der Waals surface area (Å²) in [7, 11) is 0. The second-order valence-electron chi connectivity index (χ2n) is 6.52. The first-order valence-electron chi connectivity index (χ1n) is 6.40. The van der Waals surface area contributed by atoms with Crippen molar-refractivity contribution in [1.82, 2.24) is 5.32 Å². The lowest BCUT2D eigenvalue weighted by atomic mass is 9.81. The molecule has 0 spiro atoms. The average Bonchev–Trinajstić information content (AvgIpc) is 2.67. The first-order chi connectivity index (χ1) is 7.71. The van der Waals surface area contributed by atoms with E-state index < -0.39 is 5.97 Å². The van der Waals surface area contributed by atoms with Gasteiger partial charge < -0.3 is 15.2 Å². The number of nitrogens with one attached hydrogen (secondary N) is 1. The van der Waals surface area contributed by atoms with E-state index in [0.717, 1.165) is 19.3 Å². The van der Waals surface area contributed by atoms with Crippen molar-refractivity contribution in [3.8, 4) is 0 Å². The first kappa shape index (κ1) is 12.8. The smallest absolute Gasteiger partial charge is 0.320 e. The zero-order valence-electron chi connectivity index (χ0n) is 11.1. The molecule has 4 nitrogen and oxygen atoms in total. The molecule has 2 saturated heterocycles. The van der Waals surface area contributed by atoms with E-state index in [1.165, 1.54) is 0 Å². The molecule has 4 heteroatoms. The Morgan fingerprint density at radius 1 is 1.29 bits per heavy atom. The summed E-state index contributed by atoms with van der Waals surface area (Å²) in [4.78, 5) is 11.0. The minimum atomic E-state index is -0.733. The Labute approximate surface area is 103 Å². The Bertz CT molecular complexity index is 325. The van der Waals surface area contributed by atoms with Gasteiger partial charge in [-0.05, 0) is 47.0 Å². The zero-order valence-corrected chi connectivity index (χ0v) is 11.1. The van der Waals surface area contributed by atoms with Gasteiger partial charge in [0.25, 0.3) is 0 Å². The van der Waals surface area contributed by atoms with Gasteiger partial charge in [0.1, 0.15) is 6.04 Å². The van der Waals surface area contributed by atoms with Crippen LogP contribution in [0.4, 0.5) is 0 Å². The van der Waals surface area contributed by atoms with Crippen LogP contribution in [0.2, 0.25) is 0 Å². The number of hydrogen-bond donors (Lipinski definition) is 2. The van der Waals surface area contributed by atoms with Crippen LogP contribution in [0.1, 0.15) is 47.0 Å². The minimum Gasteiger partial charge on any atom is -0.480 e. The second kappa shape index (κ2) is 3.95. The van der Waals surface area contributed by atoms with E-state index in [1.807, 2.05) is 0 Å². The molecule has 0 aromatic heterocycles. The summed E-state index contributed by atoms with van der Waals surface area (Å²) in [6, 6.07) is -0.104. The molecule has 2 fully saturated rings. The number of hydrogen-bond acceptors (Lipinski definition) is 3. The van der Waals surface area contributed by atoms with Gasteiger partial charge in [0.05, 0.1) is 11.2 Å². The maximum atomic E-state index is 11.0. The lowest BCUT2D eigenvalue weighted by Crippen LogP contribution is -2.44. The Morgan fingerprint density at radius 2 is 1.94 bits per heavy atom. The van der Waals surface area contributed by atoms with Crippen molar-refractivity contribution in [1.29, 1.82) is 0 Å². The van der Waals surface area contributed by atoms with Crippen LogP contribution in [0.25, 0.3) is 0 Å². The molecule has 3 unspecified atom stereocenters. The third-order valence-electron chi connectivity index (χ3n) is 4.11. The number of carbonyl (C=O) groups is 1. The molecule has 98 valence electrons. The Hall–Kier alpha value is -0.610. The molecule has 0 aromatic carbocycles. The highest BCUT2D eigenvalue weighted by molar-refractivity contribution is 5.73. The molecule has 2 N–H and O–H groups in total. The van der Waals surface area contributed by atoms with E-state index in [-0.39, 0.29) is 23.3 Å². The van der Waals surface area contributed by atoms with Gasteiger partial charge in [-0.15, -0.1) is 0 Å². The van der Waals surface area contributed by atoms with E-state index in [9.17, 15) is 4.79 Å². The van der Waals surface area contributed by atoms with Gasteiger partial charge in [0, 0.05) is 12.0 Å². The van der Waals surface area contributed by atoms with Crippen molar-refractivity contribution in [2.75, 3.05) is 0 Å². The van der Waals surface area contributed by atoms with Gasteiger partial charge in [-0.25, -0.2) is 0 Å². The maximum absolute atomic E-state index is 11.0. The fraction of sp³-hybridized carbons (Fsp3) is 0.923. The molecule has 0 amide bonds. The first-order valence-corrected chi connectivity index (χ1v) is 6.40. The highest BCUT2D eigenvalue weighted by Crippen LogP contribution is 2.45. The van der Waals surface area contributed by atoms with Crippen molar-refractivity contribution in [3.63, 3.8) is 0 Å². The third-order valence-corrected chi connectivity index (χ3v) is 4.11. The van der Waals surface area contributed by atoms with Crippen LogP contribution in [0, 0.1) is 5.92 Å². The molecule has 0 bridgehead atoms. The number of aliphatic carboxylic acids is 1. The van der Waals surface area contributed by atoms with Gasteiger partial charge >= 0.3 is 5.97 Å². The summed E-state index contributed by atoms with van der Waals surface area (Å²) in [5, 5.41) is 12.3. The SMILES string of the molecule is CC1(C)CC(C2CCC(C(=O)O)N2)C(C)(C)O1. The van der Waals surface area contributed by atoms with Crippen molar-refractivity contribution >= 4 is 5.97 Å². The fourth-order valence-corrected chi connectivity index (χ4v) is 3.52. The summed E-state index contributed by atoms with van der Waals surface area (Å²) in [6.45, 7) is 8.45. The monoisotopic (exact) mass is 241 g/mol. The standard InChI is InChI=1S/C13H23NO3/c1-12(2)7-8(13(3,4)17-12)9-5-6-10(14-9)11(15)16/h8-10,14H,5-7H2,1-4H3,(H,15,16). The molecule has 3 atom stereocenters. The van der Waals surface area contributed by atoms with Crippen LogP contribution in [0.15, 0.2) is 0 Å². The van der Waals surface area contributed by atoms with Crippen LogP contribution >= 0.6 is 0 Å². The molecule has 2 heterocycles. The molecule has 0 radical (unpaired) electrons. The summed E-state index contributed by atoms with van der Waals surface area (Å²) in [5.41, 5.74) is -0.272. The second-order valence-corrected chi connectivity index (χ2v) is 6.52. The normalized spacial score (nSPS) is 39.4. The quantitative estimate of drug-likeness (QED) is 0.774. The van der Waals surface area contributed by atoms with Gasteiger partial charge in [0.2, 0.25) is 0 Å². The van der Waals surface area contributed by atoms with Gasteiger partial charge in [-0.2, -0.15) is 0 Å². The summed E-state index contributed by atoms with van der Waals surface area (Å²) in [5.74, 6) is -0.342. The molecule has 0 aromatic rings. The van der Waals surface area contributed by atoms with Crippen LogP contribution in [0.3, 0.4) is 0 Å². The zero-order chi connectivity index (χ0) is 12.8. The lowest BCUT2D eigenvalue weighted by Gasteiger charge is -2.31. The summed E-state index contributed by atoms with van der Waals surface area (Å²) in [6.07, 6.45) is 2.65. The van der Waals surface area contributed by atoms with Crippen LogP contribution in [-0.4, -0.2) is 34.4 Å². The lowest BCUT2D eigenvalue weighted by molar-refractivity contribution is -0.139. The van der Waals surface area contributed by atoms with Gasteiger partial charge in [-0.3, -0.25) is 4.79 Å². The Balaban J connectivity index is 2.07. The van der Waals surface area contributed by atoms with E-state index in [4.69, 9.17) is 9.84 Å². The number of carboxylic acids is 1. The molecule has 2 aliphatic rings. The molecule has 0 saturated carbocycles. The van der Waals surface area contributed by atoms with Crippen LogP contribution < -0.4 is 5.32 Å². The Morgan fingerprint density at radius 3 is 2.35 bits per heavy atom. The molecular formula is C13H23NO3. The molecule has 2 aliphatic heterocycles. The van der Waals surface area contributed by atoms with Crippen molar-refractivity contribution in [2.45, 2.75) is 70.2 Å². The number of carboxylic acid groups (broad SMARTS) is 1. The largest absolute Gasteiger partial charge is 0.480 e. The van der Waals surface area contributed by atoms with Crippen molar-refractivity contribution in [2.24, 2.45) is 5.92 Å². The summed E-state index contributed by atoms with van der Waals surface area (Å²) < 4.78 is 6.07. The maximum Gasteiger partial charge on any atom is 0.320 e. The highest BCUT2D eigenvalue weighted by atomic mass is 16.5. The predicted molar refractivity (Wildman–Crippen MR) is 64.9 cm³/mol. The van der Waals surface area contributed by atoms with Gasteiger partial charge in [-0.1, -0.05) is 0 Å². The van der Waals surface area contributed by atoms with E-state index in [1.54, 1.807) is 0 Å². The third kappa shape index (κ3) is 2.47. The highest BCUT2D eigenvalue weighted by Gasteiger charge is 2.50. The predicted octanol–water partition coefficient (Wildman–Crippen LogP) is 1.79. The number of ether oxygens (including phenoxy) is 1. The minimum absolute atomic E-state index is 0.100. The summed E-state index contributed by atoms with van der Waals surface area (Å²) >= 11 is 0. The molecular weight excluding hydrogens is 218 g/mol. The van der Waals surface area contributed by atoms with E-state index in [2.05, 4.69) is 33.0 Å². The molecule has 0 aliphatic carbocycles. The van der Waals surface area contributed by atoms with Crippen LogP contribution in [0.5, 0.6) is 0 Å². The average molecular weight is 241 g/mol. The van der Waals surface area contributed by atoms with Gasteiger partial charge in [0.15, 0.2) is 0 Å². The molecule has 17 heavy (non-hydrogen) atoms. The van der Waals surface area contributed by atoms with Crippen molar-refractivity contribution in [3.05, 3.63) is 0 Å². The van der Waals surface area contributed by atoms with Crippen LogP contribution in [-0.2, 0) is 9.53 Å². The van der Waals surface area contributed by atoms with E-state index in [0.29, 0.717) is 5.92 Å². The number of rotatable bonds is 2.